The Bertz CT molecular complexity index is 688. The monoisotopic (exact) mass is 1150 g/mol. The van der Waals surface area contributed by atoms with Crippen molar-refractivity contribution in [2.75, 3.05) is 0 Å². The van der Waals surface area contributed by atoms with E-state index in [-0.39, 0.29) is 70.6 Å². The smallest absolute Gasteiger partial charge is 0.434 e. The number of hydrazone groups is 2. The van der Waals surface area contributed by atoms with Gasteiger partial charge >= 0.3 is 63.2 Å². The maximum absolute atomic E-state index is 3.72. The molecule has 43 heavy (non-hydrogen) atoms. The SMILES string of the molecule is C.C1=NN[CH-]N1N1[CH-]N=NN1.C1=NN[CH-]N1N1[CH-]N=NN1.CCC.CCC.CCC.[CH-]1N=NNN1N1[CH-]N=NN1.[Pt+2].[Pt+2].[Pt+2]. The Morgan fingerprint density at radius 2 is 0.744 bits per heavy atom. The van der Waals surface area contributed by atoms with Crippen LogP contribution >= 0.6 is 0 Å². The van der Waals surface area contributed by atoms with E-state index in [1.54, 1.807) is 46.3 Å². The van der Waals surface area contributed by atoms with Crippen LogP contribution in [0.1, 0.15) is 68.2 Å². The Kier molecular flexibility index (Phi) is 35.8. The average molecular weight is 1150 g/mol. The minimum atomic E-state index is 0. The van der Waals surface area contributed by atoms with E-state index in [4.69, 9.17) is 0 Å². The van der Waals surface area contributed by atoms with Gasteiger partial charge in [0.25, 0.3) is 0 Å². The maximum atomic E-state index is 3.72. The van der Waals surface area contributed by atoms with Gasteiger partial charge in [0, 0.05) is 0 Å². The van der Waals surface area contributed by atoms with E-state index < -0.39 is 0 Å². The van der Waals surface area contributed by atoms with E-state index in [1.807, 2.05) is 0 Å². The zero-order valence-electron chi connectivity index (χ0n) is 23.8. The number of nitrogens with zero attached hydrogens (tertiary/aromatic N) is 16. The van der Waals surface area contributed by atoms with Crippen molar-refractivity contribution < 1.29 is 63.2 Å². The van der Waals surface area contributed by atoms with Crippen LogP contribution in [0.15, 0.2) is 51.6 Å². The zero-order chi connectivity index (χ0) is 28.6. The predicted octanol–water partition coefficient (Wildman–Crippen LogP) is 2.74. The fourth-order valence-corrected chi connectivity index (χ4v) is 1.79. The molecule has 0 aromatic rings. The molecule has 0 atom stereocenters. The van der Waals surface area contributed by atoms with Crippen molar-refractivity contribution in [2.24, 2.45) is 51.6 Å². The van der Waals surface area contributed by atoms with Gasteiger partial charge in [-0.05, 0) is 0 Å². The number of hydrogen-bond acceptors (Lipinski definition) is 22. The summed E-state index contributed by atoms with van der Waals surface area (Å²) in [5.41, 5.74) is 15.6. The first-order chi connectivity index (χ1) is 19.1. The second-order valence-electron chi connectivity index (χ2n) is 6.99. The van der Waals surface area contributed by atoms with Crippen LogP contribution in [0.3, 0.4) is 0 Å². The second kappa shape index (κ2) is 32.4. The van der Waals surface area contributed by atoms with Gasteiger partial charge in [0.05, 0.1) is 12.7 Å². The molecule has 0 spiro atoms. The molecule has 0 saturated heterocycles. The van der Waals surface area contributed by atoms with E-state index in [0.29, 0.717) is 0 Å². The molecule has 0 aromatic heterocycles. The Hall–Kier alpha value is -2.48. The van der Waals surface area contributed by atoms with Crippen molar-refractivity contribution in [3.05, 3.63) is 40.0 Å². The zero-order valence-corrected chi connectivity index (χ0v) is 30.7. The van der Waals surface area contributed by atoms with Gasteiger partial charge in [-0.1, -0.05) is 89.1 Å². The molecule has 0 saturated carbocycles. The van der Waals surface area contributed by atoms with Crippen LogP contribution in [0.5, 0.6) is 0 Å². The summed E-state index contributed by atoms with van der Waals surface area (Å²) in [6.45, 7) is 22.0. The minimum absolute atomic E-state index is 0. The Balaban J connectivity index is -0.000000224. The van der Waals surface area contributed by atoms with Gasteiger partial charge in [-0.3, -0.25) is 20.5 Å². The largest absolute Gasteiger partial charge is 2.00 e. The first-order valence-corrected chi connectivity index (χ1v) is 12.1. The summed E-state index contributed by atoms with van der Waals surface area (Å²) in [6, 6.07) is 0. The minimum Gasteiger partial charge on any atom is -0.434 e. The van der Waals surface area contributed by atoms with Gasteiger partial charge in [0.15, 0.2) is 0 Å². The van der Waals surface area contributed by atoms with Gasteiger partial charge in [-0.15, -0.1) is 13.3 Å². The summed E-state index contributed by atoms with van der Waals surface area (Å²) < 4.78 is 0. The second-order valence-corrected chi connectivity index (χ2v) is 6.99. The maximum Gasteiger partial charge on any atom is 2.00 e. The summed E-state index contributed by atoms with van der Waals surface area (Å²) in [5, 5.41) is 45.0. The Labute approximate surface area is 297 Å². The van der Waals surface area contributed by atoms with Crippen molar-refractivity contribution in [1.82, 2.24) is 63.5 Å². The topological polar surface area (TPSA) is 215 Å². The van der Waals surface area contributed by atoms with Gasteiger partial charge in [-0.2, -0.15) is 26.7 Å². The quantitative estimate of drug-likeness (QED) is 0.225. The first-order valence-electron chi connectivity index (χ1n) is 12.1. The molecule has 0 amide bonds. The average Bonchev–Trinajstić information content (AvgIpc) is 3.81. The fraction of sp³-hybridized carbons (Fsp3) is 0.556. The molecule has 0 radical (unpaired) electrons. The van der Waals surface area contributed by atoms with E-state index in [2.05, 4.69) is 126 Å². The van der Waals surface area contributed by atoms with E-state index in [0.717, 1.165) is 0 Å². The van der Waals surface area contributed by atoms with Crippen molar-refractivity contribution >= 4 is 12.7 Å². The summed E-state index contributed by atoms with van der Waals surface area (Å²) in [4.78, 5) is 0. The molecule has 0 bridgehead atoms. The third-order valence-corrected chi connectivity index (χ3v) is 3.07. The summed E-state index contributed by atoms with van der Waals surface area (Å²) in [6.07, 6.45) is 6.92. The molecule has 0 fully saturated rings. The van der Waals surface area contributed by atoms with Crippen LogP contribution in [0.25, 0.3) is 0 Å². The predicted molar refractivity (Wildman–Crippen MR) is 147 cm³/mol. The molecular formula is C18H42N22Pt3. The van der Waals surface area contributed by atoms with Crippen molar-refractivity contribution in [3.8, 4) is 0 Å². The fourth-order valence-electron chi connectivity index (χ4n) is 1.79. The third-order valence-electron chi connectivity index (χ3n) is 3.07. The van der Waals surface area contributed by atoms with Crippen LogP contribution < -0.4 is 33.0 Å². The summed E-state index contributed by atoms with van der Waals surface area (Å²) in [7, 11) is 0. The summed E-state index contributed by atoms with van der Waals surface area (Å²) in [5.74, 6) is 0. The molecule has 6 heterocycles. The molecule has 6 rings (SSSR count). The van der Waals surface area contributed by atoms with Crippen LogP contribution in [-0.2, 0) is 63.2 Å². The molecule has 22 nitrogen and oxygen atoms in total. The number of hydrogen-bond donors (Lipinski definition) is 6. The van der Waals surface area contributed by atoms with Crippen LogP contribution in [0.2, 0.25) is 0 Å². The molecule has 0 aromatic carbocycles. The molecular weight excluding hydrogens is 1110 g/mol. The third kappa shape index (κ3) is 21.0. The van der Waals surface area contributed by atoms with E-state index in [1.165, 1.54) is 56.2 Å². The van der Waals surface area contributed by atoms with Crippen LogP contribution in [0.4, 0.5) is 0 Å². The normalized spacial score (nSPS) is 17.3. The molecule has 25 heteroatoms. The Morgan fingerprint density at radius 1 is 0.488 bits per heavy atom. The molecule has 6 N–H and O–H groups in total. The van der Waals surface area contributed by atoms with Crippen molar-refractivity contribution in [2.45, 2.75) is 68.2 Å². The standard InChI is InChI=1S/2C3H5N7.3C3H8.C2H4N8.CH4.3Pt/c2*1-4-5-2-9(1)10-3-6-7-8-10;3*1-3-2;1-3-5-7-9(1)10-2-4-6-8-10;;;;/h2*1-4H,(H,6,8);3*3H2,1-2H3;1-2H,(H,3,7)(H,4,8);1H4;;;/q2*-2;;;;-2;;3*+2. The summed E-state index contributed by atoms with van der Waals surface area (Å²) >= 11 is 0. The van der Waals surface area contributed by atoms with Crippen LogP contribution in [0, 0.1) is 40.0 Å². The molecule has 0 aliphatic carbocycles. The van der Waals surface area contributed by atoms with E-state index >= 15 is 0 Å². The number of nitrogens with one attached hydrogen (secondary N) is 6. The van der Waals surface area contributed by atoms with Crippen molar-refractivity contribution in [3.63, 3.8) is 0 Å². The molecule has 6 aliphatic heterocycles. The first kappa shape index (κ1) is 47.5. The molecule has 6 aliphatic rings. The molecule has 0 unspecified atom stereocenters. The Morgan fingerprint density at radius 3 is 0.930 bits per heavy atom. The van der Waals surface area contributed by atoms with Gasteiger partial charge in [0.2, 0.25) is 0 Å². The number of rotatable bonds is 3. The van der Waals surface area contributed by atoms with Crippen LogP contribution in [-0.4, -0.2) is 43.2 Å². The van der Waals surface area contributed by atoms with Gasteiger partial charge in [0.1, 0.15) is 0 Å². The number of hydrazine groups is 7. The molecule has 254 valence electrons. The van der Waals surface area contributed by atoms with Crippen molar-refractivity contribution in [1.29, 1.82) is 0 Å². The van der Waals surface area contributed by atoms with Gasteiger partial charge < -0.3 is 41.3 Å². The van der Waals surface area contributed by atoms with E-state index in [9.17, 15) is 0 Å². The van der Waals surface area contributed by atoms with Gasteiger partial charge in [-0.25, -0.2) is 32.3 Å².